The zero-order chi connectivity index (χ0) is 14.3. The highest BCUT2D eigenvalue weighted by molar-refractivity contribution is 5.27. The summed E-state index contributed by atoms with van der Waals surface area (Å²) < 4.78 is 14.6. The van der Waals surface area contributed by atoms with E-state index in [-0.39, 0.29) is 5.92 Å². The Balaban J connectivity index is 2.42. The minimum absolute atomic E-state index is 0.138. The van der Waals surface area contributed by atoms with Gasteiger partial charge in [-0.1, -0.05) is 38.8 Å². The van der Waals surface area contributed by atoms with E-state index >= 15 is 0 Å². The summed E-state index contributed by atoms with van der Waals surface area (Å²) in [7, 11) is 0. The number of hydrogen-bond donors (Lipinski definition) is 0. The van der Waals surface area contributed by atoms with E-state index < -0.39 is 6.17 Å². The summed E-state index contributed by atoms with van der Waals surface area (Å²) in [6.07, 6.45) is 1.18. The summed E-state index contributed by atoms with van der Waals surface area (Å²) in [5.41, 5.74) is 2.99. The van der Waals surface area contributed by atoms with Crippen molar-refractivity contribution in [3.63, 3.8) is 0 Å². The molecule has 2 aliphatic heterocycles. The fraction of sp³-hybridized carbons (Fsp3) is 0.882. The maximum absolute atomic E-state index is 14.6. The fourth-order valence-electron chi connectivity index (χ4n) is 4.15. The molecule has 0 radical (unpaired) electrons. The normalized spacial score (nSPS) is 32.8. The smallest absolute Gasteiger partial charge is 0.109 e. The number of rotatable bonds is 3. The molecule has 3 aliphatic rings. The maximum atomic E-state index is 14.6. The van der Waals surface area contributed by atoms with Crippen LogP contribution in [0, 0.1) is 17.8 Å². The molecule has 1 fully saturated rings. The summed E-state index contributed by atoms with van der Waals surface area (Å²) in [4.78, 5) is 2.54. The minimum atomic E-state index is -0.631. The minimum Gasteiger partial charge on any atom is -0.297 e. The lowest BCUT2D eigenvalue weighted by molar-refractivity contribution is 0.0389. The molecule has 0 aromatic carbocycles. The van der Waals surface area contributed by atoms with Gasteiger partial charge in [-0.3, -0.25) is 4.90 Å². The predicted octanol–water partition coefficient (Wildman–Crippen LogP) is 4.44. The van der Waals surface area contributed by atoms with Gasteiger partial charge >= 0.3 is 0 Å². The standard InChI is InChI=1S/C17H30FN/c1-10(2)14-7-13-8-16(18)15(17(14)11(3)4)9-19(13)12(5)6/h10-13,15-16H,7-9H2,1-6H3. The van der Waals surface area contributed by atoms with Crippen LogP contribution in [0.1, 0.15) is 54.4 Å². The van der Waals surface area contributed by atoms with Gasteiger partial charge in [0.05, 0.1) is 0 Å². The van der Waals surface area contributed by atoms with Crippen molar-refractivity contribution in [3.05, 3.63) is 11.1 Å². The van der Waals surface area contributed by atoms with Gasteiger partial charge in [-0.2, -0.15) is 0 Å². The third-order valence-electron chi connectivity index (χ3n) is 5.02. The van der Waals surface area contributed by atoms with Crippen LogP contribution in [-0.4, -0.2) is 29.7 Å². The average Bonchev–Trinajstić information content (AvgIpc) is 2.54. The van der Waals surface area contributed by atoms with Gasteiger partial charge in [-0.05, 0) is 38.5 Å². The molecule has 0 N–H and O–H groups in total. The SMILES string of the molecule is CC(C)C1=C(C(C)C)C2CN(C(C)C)C(C1)CC2F. The second-order valence-electron chi connectivity index (χ2n) is 7.30. The van der Waals surface area contributed by atoms with E-state index in [1.807, 2.05) is 0 Å². The lowest BCUT2D eigenvalue weighted by Crippen LogP contribution is -2.50. The second kappa shape index (κ2) is 5.55. The van der Waals surface area contributed by atoms with Crippen LogP contribution in [0.3, 0.4) is 0 Å². The molecule has 2 bridgehead atoms. The number of piperidine rings is 1. The van der Waals surface area contributed by atoms with Crippen LogP contribution in [0.25, 0.3) is 0 Å². The zero-order valence-electron chi connectivity index (χ0n) is 13.4. The van der Waals surface area contributed by atoms with Crippen LogP contribution in [-0.2, 0) is 0 Å². The van der Waals surface area contributed by atoms with Crippen LogP contribution in [0.2, 0.25) is 0 Å². The maximum Gasteiger partial charge on any atom is 0.109 e. The van der Waals surface area contributed by atoms with E-state index in [1.165, 1.54) is 5.57 Å². The third-order valence-corrected chi connectivity index (χ3v) is 5.02. The van der Waals surface area contributed by atoms with Crippen LogP contribution >= 0.6 is 0 Å². The number of alkyl halides is 1. The van der Waals surface area contributed by atoms with E-state index in [9.17, 15) is 4.39 Å². The van der Waals surface area contributed by atoms with Gasteiger partial charge in [0.15, 0.2) is 0 Å². The Morgan fingerprint density at radius 1 is 1.05 bits per heavy atom. The van der Waals surface area contributed by atoms with Gasteiger partial charge < -0.3 is 0 Å². The van der Waals surface area contributed by atoms with Gasteiger partial charge in [-0.25, -0.2) is 4.39 Å². The molecule has 3 unspecified atom stereocenters. The first kappa shape index (κ1) is 15.0. The van der Waals surface area contributed by atoms with Crippen molar-refractivity contribution in [2.75, 3.05) is 6.54 Å². The molecule has 0 amide bonds. The monoisotopic (exact) mass is 267 g/mol. The molecule has 0 aromatic rings. The fourth-order valence-corrected chi connectivity index (χ4v) is 4.15. The first-order valence-corrected chi connectivity index (χ1v) is 7.95. The Hall–Kier alpha value is -0.370. The number of nitrogens with zero attached hydrogens (tertiary/aromatic N) is 1. The molecule has 0 saturated carbocycles. The highest BCUT2D eigenvalue weighted by Crippen LogP contribution is 2.44. The van der Waals surface area contributed by atoms with Crippen molar-refractivity contribution >= 4 is 0 Å². The molecule has 1 aliphatic carbocycles. The highest BCUT2D eigenvalue weighted by atomic mass is 19.1. The van der Waals surface area contributed by atoms with E-state index in [4.69, 9.17) is 0 Å². The van der Waals surface area contributed by atoms with Crippen molar-refractivity contribution in [1.29, 1.82) is 0 Å². The summed E-state index contributed by atoms with van der Waals surface area (Å²) in [6, 6.07) is 0.944. The van der Waals surface area contributed by atoms with Gasteiger partial charge in [0.1, 0.15) is 6.17 Å². The second-order valence-corrected chi connectivity index (χ2v) is 7.30. The third kappa shape index (κ3) is 2.74. The Morgan fingerprint density at radius 3 is 2.16 bits per heavy atom. The van der Waals surface area contributed by atoms with Crippen molar-refractivity contribution in [3.8, 4) is 0 Å². The van der Waals surface area contributed by atoms with Crippen LogP contribution in [0.4, 0.5) is 4.39 Å². The topological polar surface area (TPSA) is 3.24 Å². The molecular weight excluding hydrogens is 237 g/mol. The van der Waals surface area contributed by atoms with Crippen molar-refractivity contribution in [1.82, 2.24) is 4.90 Å². The van der Waals surface area contributed by atoms with Crippen LogP contribution in [0.15, 0.2) is 11.1 Å². The van der Waals surface area contributed by atoms with Crippen molar-refractivity contribution in [2.24, 2.45) is 17.8 Å². The predicted molar refractivity (Wildman–Crippen MR) is 80.0 cm³/mol. The molecule has 19 heavy (non-hydrogen) atoms. The average molecular weight is 267 g/mol. The molecule has 0 spiro atoms. The molecule has 110 valence electrons. The van der Waals surface area contributed by atoms with E-state index in [2.05, 4.69) is 46.4 Å². The van der Waals surface area contributed by atoms with E-state index in [1.54, 1.807) is 5.57 Å². The largest absolute Gasteiger partial charge is 0.297 e. The zero-order valence-corrected chi connectivity index (χ0v) is 13.4. The van der Waals surface area contributed by atoms with Gasteiger partial charge in [0.25, 0.3) is 0 Å². The number of hydrogen-bond acceptors (Lipinski definition) is 1. The van der Waals surface area contributed by atoms with Crippen LogP contribution < -0.4 is 0 Å². The summed E-state index contributed by atoms with van der Waals surface area (Å²) >= 11 is 0. The molecule has 1 nitrogen and oxygen atoms in total. The molecule has 2 heteroatoms. The van der Waals surface area contributed by atoms with Gasteiger partial charge in [0, 0.05) is 24.5 Å². The summed E-state index contributed by atoms with van der Waals surface area (Å²) in [5.74, 6) is 1.17. The molecular formula is C17H30FN. The molecule has 2 heterocycles. The number of halogens is 1. The number of fused-ring (bicyclic) bond motifs is 3. The quantitative estimate of drug-likeness (QED) is 0.683. The van der Waals surface area contributed by atoms with Gasteiger partial charge in [0.2, 0.25) is 0 Å². The molecule has 3 rings (SSSR count). The summed E-state index contributed by atoms with van der Waals surface area (Å²) in [5, 5.41) is 0. The first-order chi connectivity index (χ1) is 8.82. The van der Waals surface area contributed by atoms with Crippen molar-refractivity contribution in [2.45, 2.75) is 72.6 Å². The molecule has 3 atom stereocenters. The highest BCUT2D eigenvalue weighted by Gasteiger charge is 2.43. The Morgan fingerprint density at radius 2 is 1.68 bits per heavy atom. The Bertz CT molecular complexity index is 356. The molecule has 0 aromatic heterocycles. The van der Waals surface area contributed by atoms with Gasteiger partial charge in [-0.15, -0.1) is 0 Å². The van der Waals surface area contributed by atoms with Crippen molar-refractivity contribution < 1.29 is 4.39 Å². The Kier molecular flexibility index (Phi) is 4.39. The molecule has 1 saturated heterocycles. The van der Waals surface area contributed by atoms with E-state index in [0.29, 0.717) is 23.9 Å². The lowest BCUT2D eigenvalue weighted by atomic mass is 9.80. The van der Waals surface area contributed by atoms with Crippen LogP contribution in [0.5, 0.6) is 0 Å². The first-order valence-electron chi connectivity index (χ1n) is 7.95. The van der Waals surface area contributed by atoms with E-state index in [0.717, 1.165) is 19.4 Å². The Labute approximate surface area is 118 Å². The summed E-state index contributed by atoms with van der Waals surface area (Å²) in [6.45, 7) is 14.4. The lowest BCUT2D eigenvalue weighted by Gasteiger charge is -2.42.